The second-order valence-electron chi connectivity index (χ2n) is 7.44. The summed E-state index contributed by atoms with van der Waals surface area (Å²) in [6.45, 7) is 2.34. The summed E-state index contributed by atoms with van der Waals surface area (Å²) in [5.41, 5.74) is 1.81. The number of benzene rings is 2. The topological polar surface area (TPSA) is 73.0 Å². The third kappa shape index (κ3) is 5.56. The maximum absolute atomic E-state index is 13.1. The highest BCUT2D eigenvalue weighted by molar-refractivity contribution is 7.89. The van der Waals surface area contributed by atoms with E-state index >= 15 is 0 Å². The summed E-state index contributed by atoms with van der Waals surface area (Å²) in [6.07, 6.45) is 0.333. The Labute approximate surface area is 177 Å². The Hall–Kier alpha value is -2.49. The maximum atomic E-state index is 13.1. The van der Waals surface area contributed by atoms with Gasteiger partial charge in [-0.3, -0.25) is 4.79 Å². The maximum Gasteiger partial charge on any atom is 0.243 e. The molecule has 30 heavy (non-hydrogen) atoms. The first-order valence-corrected chi connectivity index (χ1v) is 11.2. The monoisotopic (exact) mass is 434 g/mol. The number of anilines is 2. The van der Waals surface area contributed by atoms with Gasteiger partial charge in [0.25, 0.3) is 0 Å². The molecule has 1 amide bonds. The minimum Gasteiger partial charge on any atom is -0.378 e. The molecule has 162 valence electrons. The van der Waals surface area contributed by atoms with E-state index in [1.165, 1.54) is 16.4 Å². The molecule has 1 fully saturated rings. The van der Waals surface area contributed by atoms with Crippen molar-refractivity contribution in [3.05, 3.63) is 54.3 Å². The second-order valence-corrected chi connectivity index (χ2v) is 9.38. The lowest BCUT2D eigenvalue weighted by molar-refractivity contribution is -0.116. The van der Waals surface area contributed by atoms with E-state index in [1.807, 2.05) is 43.3 Å². The number of carbonyl (C=O) groups is 1. The molecule has 0 saturated carbocycles. The lowest BCUT2D eigenvalue weighted by Gasteiger charge is -2.33. The van der Waals surface area contributed by atoms with Crippen molar-refractivity contribution in [2.24, 2.45) is 0 Å². The van der Waals surface area contributed by atoms with Crippen LogP contribution < -0.4 is 10.2 Å². The minimum atomic E-state index is -3.63. The van der Waals surface area contributed by atoms with Gasteiger partial charge in [-0.1, -0.05) is 0 Å². The third-order valence-electron chi connectivity index (χ3n) is 5.11. The zero-order valence-corrected chi connectivity index (χ0v) is 18.0. The highest BCUT2D eigenvalue weighted by Crippen LogP contribution is 2.19. The van der Waals surface area contributed by atoms with Crippen molar-refractivity contribution in [1.29, 1.82) is 0 Å². The Morgan fingerprint density at radius 1 is 1.00 bits per heavy atom. The first-order chi connectivity index (χ1) is 14.3. The molecule has 9 heteroatoms. The Morgan fingerprint density at radius 2 is 1.60 bits per heavy atom. The highest BCUT2D eigenvalue weighted by Gasteiger charge is 2.28. The lowest BCUT2D eigenvalue weighted by Crippen LogP contribution is -2.49. The molecule has 0 bridgehead atoms. The van der Waals surface area contributed by atoms with Gasteiger partial charge in [0.1, 0.15) is 5.82 Å². The predicted octanol–water partition coefficient (Wildman–Crippen LogP) is 2.23. The molecule has 0 aromatic heterocycles. The van der Waals surface area contributed by atoms with E-state index < -0.39 is 15.8 Å². The molecule has 1 heterocycles. The van der Waals surface area contributed by atoms with Crippen LogP contribution >= 0.6 is 0 Å². The number of carbonyl (C=O) groups excluding carboxylic acids is 1. The van der Waals surface area contributed by atoms with Gasteiger partial charge in [0.05, 0.1) is 4.90 Å². The fourth-order valence-electron chi connectivity index (χ4n) is 3.28. The van der Waals surface area contributed by atoms with Gasteiger partial charge in [0.2, 0.25) is 15.9 Å². The second kappa shape index (κ2) is 9.55. The van der Waals surface area contributed by atoms with E-state index in [9.17, 15) is 17.6 Å². The normalized spacial score (nSPS) is 15.7. The molecule has 7 nitrogen and oxygen atoms in total. The average Bonchev–Trinajstić information content (AvgIpc) is 2.73. The first kappa shape index (κ1) is 22.2. The van der Waals surface area contributed by atoms with Gasteiger partial charge in [-0.05, 0) is 48.5 Å². The molecule has 1 aliphatic rings. The molecule has 1 N–H and O–H groups in total. The number of amides is 1. The number of nitrogens with zero attached hydrogens (tertiary/aromatic N) is 3. The molecule has 2 aromatic carbocycles. The standard InChI is InChI=1S/C21H27FN4O3S/c1-24(2)19-7-5-18(6-8-19)23-21(27)11-12-25-13-15-26(16-14-25)30(28,29)20-9-3-17(22)4-10-20/h3-10H,11-16H2,1-2H3,(H,23,27). The largest absolute Gasteiger partial charge is 0.378 e. The molecule has 0 aliphatic carbocycles. The third-order valence-corrected chi connectivity index (χ3v) is 7.02. The fourth-order valence-corrected chi connectivity index (χ4v) is 4.70. The van der Waals surface area contributed by atoms with Gasteiger partial charge >= 0.3 is 0 Å². The summed E-state index contributed by atoms with van der Waals surface area (Å²) in [4.78, 5) is 16.4. The Kier molecular flexibility index (Phi) is 7.06. The summed E-state index contributed by atoms with van der Waals surface area (Å²) >= 11 is 0. The number of halogens is 1. The van der Waals surface area contributed by atoms with Crippen LogP contribution in [0.1, 0.15) is 6.42 Å². The van der Waals surface area contributed by atoms with Gasteiger partial charge in [-0.2, -0.15) is 4.31 Å². The van der Waals surface area contributed by atoms with Crippen LogP contribution in [0.25, 0.3) is 0 Å². The zero-order valence-electron chi connectivity index (χ0n) is 17.2. The molecule has 1 saturated heterocycles. The van der Waals surface area contributed by atoms with Gasteiger partial charge in [-0.25, -0.2) is 12.8 Å². The number of sulfonamides is 1. The molecular weight excluding hydrogens is 407 g/mol. The summed E-state index contributed by atoms with van der Waals surface area (Å²) in [7, 11) is 0.287. The molecule has 0 unspecified atom stereocenters. The van der Waals surface area contributed by atoms with Crippen LogP contribution in [0.5, 0.6) is 0 Å². The highest BCUT2D eigenvalue weighted by atomic mass is 32.2. The molecule has 0 radical (unpaired) electrons. The van der Waals surface area contributed by atoms with Crippen LogP contribution in [0.15, 0.2) is 53.4 Å². The van der Waals surface area contributed by atoms with Crippen LogP contribution in [-0.2, 0) is 14.8 Å². The van der Waals surface area contributed by atoms with E-state index in [1.54, 1.807) is 0 Å². The Morgan fingerprint density at radius 3 is 2.17 bits per heavy atom. The molecule has 2 aromatic rings. The molecule has 0 spiro atoms. The van der Waals surface area contributed by atoms with Crippen LogP contribution in [0.2, 0.25) is 0 Å². The van der Waals surface area contributed by atoms with Crippen LogP contribution in [0.4, 0.5) is 15.8 Å². The molecule has 3 rings (SSSR count). The van der Waals surface area contributed by atoms with Crippen molar-refractivity contribution in [2.45, 2.75) is 11.3 Å². The molecular formula is C21H27FN4O3S. The van der Waals surface area contributed by atoms with Gasteiger partial charge in [-0.15, -0.1) is 0 Å². The van der Waals surface area contributed by atoms with Crippen molar-refractivity contribution in [1.82, 2.24) is 9.21 Å². The number of piperazine rings is 1. The fraction of sp³-hybridized carbons (Fsp3) is 0.381. The van der Waals surface area contributed by atoms with Crippen LogP contribution in [-0.4, -0.2) is 70.3 Å². The zero-order chi connectivity index (χ0) is 21.7. The van der Waals surface area contributed by atoms with Crippen molar-refractivity contribution in [3.8, 4) is 0 Å². The summed E-state index contributed by atoms with van der Waals surface area (Å²) in [6, 6.07) is 12.5. The smallest absolute Gasteiger partial charge is 0.243 e. The number of rotatable bonds is 7. The number of hydrogen-bond donors (Lipinski definition) is 1. The predicted molar refractivity (Wildman–Crippen MR) is 116 cm³/mol. The van der Waals surface area contributed by atoms with Crippen LogP contribution in [0.3, 0.4) is 0 Å². The van der Waals surface area contributed by atoms with Gasteiger partial charge in [0.15, 0.2) is 0 Å². The van der Waals surface area contributed by atoms with E-state index in [0.717, 1.165) is 23.5 Å². The first-order valence-electron chi connectivity index (χ1n) is 9.81. The van der Waals surface area contributed by atoms with Gasteiger partial charge < -0.3 is 15.1 Å². The van der Waals surface area contributed by atoms with Gasteiger partial charge in [0, 0.05) is 64.6 Å². The van der Waals surface area contributed by atoms with E-state index in [-0.39, 0.29) is 10.8 Å². The Balaban J connectivity index is 1.45. The minimum absolute atomic E-state index is 0.0750. The molecule has 1 aliphatic heterocycles. The van der Waals surface area contributed by atoms with Crippen molar-refractivity contribution < 1.29 is 17.6 Å². The molecule has 0 atom stereocenters. The van der Waals surface area contributed by atoms with Crippen molar-refractivity contribution >= 4 is 27.3 Å². The quantitative estimate of drug-likeness (QED) is 0.724. The average molecular weight is 435 g/mol. The summed E-state index contributed by atoms with van der Waals surface area (Å²) < 4.78 is 39.8. The summed E-state index contributed by atoms with van der Waals surface area (Å²) in [5.74, 6) is -0.542. The van der Waals surface area contributed by atoms with Crippen molar-refractivity contribution in [3.63, 3.8) is 0 Å². The van der Waals surface area contributed by atoms with E-state index in [4.69, 9.17) is 0 Å². The van der Waals surface area contributed by atoms with Crippen LogP contribution in [0, 0.1) is 5.82 Å². The SMILES string of the molecule is CN(C)c1ccc(NC(=O)CCN2CCN(S(=O)(=O)c3ccc(F)cc3)CC2)cc1. The summed E-state index contributed by atoms with van der Waals surface area (Å²) in [5, 5.41) is 2.89. The number of hydrogen-bond acceptors (Lipinski definition) is 5. The van der Waals surface area contributed by atoms with E-state index in [2.05, 4.69) is 10.2 Å². The Bertz CT molecular complexity index is 955. The lowest BCUT2D eigenvalue weighted by atomic mass is 10.2. The van der Waals surface area contributed by atoms with Crippen molar-refractivity contribution in [2.75, 3.05) is 57.0 Å². The number of nitrogens with one attached hydrogen (secondary N) is 1. The van der Waals surface area contributed by atoms with E-state index in [0.29, 0.717) is 39.1 Å².